The zero-order chi connectivity index (χ0) is 18.3. The summed E-state index contributed by atoms with van der Waals surface area (Å²) in [6, 6.07) is 16.6. The van der Waals surface area contributed by atoms with Gasteiger partial charge in [-0.3, -0.25) is 14.5 Å². The molecule has 0 unspecified atom stereocenters. The van der Waals surface area contributed by atoms with Crippen LogP contribution in [0, 0.1) is 11.8 Å². The lowest BCUT2D eigenvalue weighted by Crippen LogP contribution is -2.30. The van der Waals surface area contributed by atoms with Crippen molar-refractivity contribution in [3.63, 3.8) is 0 Å². The van der Waals surface area contributed by atoms with E-state index in [1.807, 2.05) is 30.3 Å². The fraction of sp³-hybridized carbons (Fsp3) is 0.273. The van der Waals surface area contributed by atoms with Crippen LogP contribution in [0.2, 0.25) is 0 Å². The molecule has 1 saturated heterocycles. The third kappa shape index (κ3) is 2.81. The minimum absolute atomic E-state index is 0.0800. The van der Waals surface area contributed by atoms with Crippen molar-refractivity contribution < 1.29 is 14.3 Å². The largest absolute Gasteiger partial charge is 0.457 e. The molecule has 4 nitrogen and oxygen atoms in total. The van der Waals surface area contributed by atoms with Crippen molar-refractivity contribution in [2.24, 2.45) is 11.8 Å². The van der Waals surface area contributed by atoms with Gasteiger partial charge in [0.2, 0.25) is 11.8 Å². The van der Waals surface area contributed by atoms with Gasteiger partial charge in [0.1, 0.15) is 11.5 Å². The monoisotopic (exact) mass is 347 g/mol. The maximum Gasteiger partial charge on any atom is 0.238 e. The summed E-state index contributed by atoms with van der Waals surface area (Å²) in [5.74, 6) is 0.825. The fourth-order valence-electron chi connectivity index (χ4n) is 3.79. The van der Waals surface area contributed by atoms with Gasteiger partial charge in [-0.15, -0.1) is 0 Å². The van der Waals surface area contributed by atoms with Gasteiger partial charge in [-0.2, -0.15) is 0 Å². The van der Waals surface area contributed by atoms with Gasteiger partial charge < -0.3 is 4.74 Å². The Morgan fingerprint density at radius 1 is 0.769 bits per heavy atom. The number of fused-ring (bicyclic) bond motifs is 1. The summed E-state index contributed by atoms with van der Waals surface area (Å²) in [6.07, 6.45) is 1.37. The Morgan fingerprint density at radius 2 is 1.27 bits per heavy atom. The molecule has 1 heterocycles. The lowest BCUT2D eigenvalue weighted by molar-refractivity contribution is -0.122. The second-order valence-electron chi connectivity index (χ2n) is 7.10. The average molecular weight is 347 g/mol. The van der Waals surface area contributed by atoms with Crippen LogP contribution >= 0.6 is 0 Å². The number of amides is 2. The van der Waals surface area contributed by atoms with Gasteiger partial charge in [0.25, 0.3) is 0 Å². The first-order chi connectivity index (χ1) is 12.5. The number of hydrogen-bond acceptors (Lipinski definition) is 3. The van der Waals surface area contributed by atoms with E-state index in [-0.39, 0.29) is 23.7 Å². The first-order valence-corrected chi connectivity index (χ1v) is 8.90. The number of carbonyl (C=O) groups is 2. The normalized spacial score (nSPS) is 22.6. The molecule has 0 N–H and O–H groups in total. The summed E-state index contributed by atoms with van der Waals surface area (Å²) in [5, 5.41) is 0. The van der Waals surface area contributed by atoms with Crippen LogP contribution in [0.1, 0.15) is 26.7 Å². The number of imide groups is 1. The van der Waals surface area contributed by atoms with E-state index in [9.17, 15) is 9.59 Å². The third-order valence-corrected chi connectivity index (χ3v) is 5.42. The van der Waals surface area contributed by atoms with E-state index in [0.29, 0.717) is 24.3 Å². The number of rotatable bonds is 3. The molecule has 1 fully saturated rings. The Labute approximate surface area is 153 Å². The van der Waals surface area contributed by atoms with Gasteiger partial charge in [0.15, 0.2) is 0 Å². The van der Waals surface area contributed by atoms with Gasteiger partial charge >= 0.3 is 0 Å². The van der Waals surface area contributed by atoms with Crippen LogP contribution in [0.25, 0.3) is 0 Å². The van der Waals surface area contributed by atoms with Gasteiger partial charge in [0.05, 0.1) is 17.5 Å². The van der Waals surface area contributed by atoms with Crippen molar-refractivity contribution in [3.8, 4) is 11.5 Å². The number of anilines is 1. The molecule has 132 valence electrons. The molecule has 4 heteroatoms. The van der Waals surface area contributed by atoms with Crippen LogP contribution in [0.5, 0.6) is 11.5 Å². The zero-order valence-electron chi connectivity index (χ0n) is 14.9. The summed E-state index contributed by atoms with van der Waals surface area (Å²) < 4.78 is 5.78. The Hall–Kier alpha value is -2.88. The molecule has 1 aliphatic heterocycles. The minimum atomic E-state index is -0.216. The van der Waals surface area contributed by atoms with Crippen molar-refractivity contribution in [2.45, 2.75) is 26.7 Å². The van der Waals surface area contributed by atoms with E-state index < -0.39 is 0 Å². The summed E-state index contributed by atoms with van der Waals surface area (Å²) in [4.78, 5) is 27.0. The Bertz CT molecular complexity index is 851. The highest BCUT2D eigenvalue weighted by Gasteiger charge is 2.49. The lowest BCUT2D eigenvalue weighted by Gasteiger charge is -2.23. The molecule has 2 aliphatic rings. The molecule has 0 radical (unpaired) electrons. The first kappa shape index (κ1) is 16.6. The molecule has 4 rings (SSSR count). The lowest BCUT2D eigenvalue weighted by atomic mass is 9.78. The molecule has 26 heavy (non-hydrogen) atoms. The number of para-hydroxylation sites is 1. The van der Waals surface area contributed by atoms with Gasteiger partial charge in [0, 0.05) is 0 Å². The van der Waals surface area contributed by atoms with E-state index in [2.05, 4.69) is 13.8 Å². The first-order valence-electron chi connectivity index (χ1n) is 8.90. The van der Waals surface area contributed by atoms with Crippen molar-refractivity contribution in [1.29, 1.82) is 0 Å². The van der Waals surface area contributed by atoms with Crippen molar-refractivity contribution in [1.82, 2.24) is 0 Å². The number of hydrogen-bond donors (Lipinski definition) is 0. The quantitative estimate of drug-likeness (QED) is 0.596. The molecule has 2 aromatic rings. The molecule has 2 amide bonds. The second kappa shape index (κ2) is 6.45. The van der Waals surface area contributed by atoms with Crippen LogP contribution in [-0.2, 0) is 9.59 Å². The average Bonchev–Trinajstić information content (AvgIpc) is 2.88. The van der Waals surface area contributed by atoms with E-state index in [0.717, 1.165) is 5.75 Å². The third-order valence-electron chi connectivity index (χ3n) is 5.42. The van der Waals surface area contributed by atoms with E-state index >= 15 is 0 Å². The van der Waals surface area contributed by atoms with Gasteiger partial charge in [-0.1, -0.05) is 29.3 Å². The summed E-state index contributed by atoms with van der Waals surface area (Å²) in [7, 11) is 0. The molecule has 0 spiro atoms. The SMILES string of the molecule is CC1=C(C)C[C@H]2C(=O)N(c3ccc(Oc4ccccc4)cc3)C(=O)[C@H]2C1. The molecular weight excluding hydrogens is 326 g/mol. The van der Waals surface area contributed by atoms with E-state index in [1.54, 1.807) is 24.3 Å². The van der Waals surface area contributed by atoms with Crippen LogP contribution in [-0.4, -0.2) is 11.8 Å². The molecule has 1 aliphatic carbocycles. The number of nitrogens with zero attached hydrogens (tertiary/aromatic N) is 1. The number of allylic oxidation sites excluding steroid dienone is 2. The van der Waals surface area contributed by atoms with Gasteiger partial charge in [-0.25, -0.2) is 0 Å². The van der Waals surface area contributed by atoms with Crippen molar-refractivity contribution in [3.05, 3.63) is 65.7 Å². The van der Waals surface area contributed by atoms with Gasteiger partial charge in [-0.05, 0) is 63.1 Å². The Morgan fingerprint density at radius 3 is 1.81 bits per heavy atom. The maximum atomic E-state index is 12.8. The second-order valence-corrected chi connectivity index (χ2v) is 7.10. The van der Waals surface area contributed by atoms with Crippen LogP contribution in [0.15, 0.2) is 65.7 Å². The zero-order valence-corrected chi connectivity index (χ0v) is 14.9. The number of ether oxygens (including phenoxy) is 1. The minimum Gasteiger partial charge on any atom is -0.457 e. The Kier molecular flexibility index (Phi) is 4.11. The topological polar surface area (TPSA) is 46.6 Å². The fourth-order valence-corrected chi connectivity index (χ4v) is 3.79. The molecular formula is C22H21NO3. The summed E-state index contributed by atoms with van der Waals surface area (Å²) in [5.41, 5.74) is 3.09. The Balaban J connectivity index is 1.55. The van der Waals surface area contributed by atoms with Crippen molar-refractivity contribution in [2.75, 3.05) is 4.90 Å². The predicted octanol–water partition coefficient (Wildman–Crippen LogP) is 4.71. The molecule has 0 saturated carbocycles. The molecule has 2 atom stereocenters. The number of benzene rings is 2. The molecule has 2 aromatic carbocycles. The van der Waals surface area contributed by atoms with Crippen LogP contribution < -0.4 is 9.64 Å². The highest BCUT2D eigenvalue weighted by Crippen LogP contribution is 2.42. The van der Waals surface area contributed by atoms with Crippen LogP contribution in [0.4, 0.5) is 5.69 Å². The van der Waals surface area contributed by atoms with Crippen LogP contribution in [0.3, 0.4) is 0 Å². The highest BCUT2D eigenvalue weighted by molar-refractivity contribution is 6.22. The predicted molar refractivity (Wildman–Crippen MR) is 100 cm³/mol. The summed E-state index contributed by atoms with van der Waals surface area (Å²) >= 11 is 0. The maximum absolute atomic E-state index is 12.8. The van der Waals surface area contributed by atoms with E-state index in [1.165, 1.54) is 16.0 Å². The molecule has 0 bridgehead atoms. The van der Waals surface area contributed by atoms with Crippen molar-refractivity contribution >= 4 is 17.5 Å². The highest BCUT2D eigenvalue weighted by atomic mass is 16.5. The summed E-state index contributed by atoms with van der Waals surface area (Å²) in [6.45, 7) is 4.11. The molecule has 0 aromatic heterocycles. The standard InChI is InChI=1S/C22H21NO3/c1-14-12-19-20(13-15(14)2)22(25)23(21(19)24)16-8-10-18(11-9-16)26-17-6-4-3-5-7-17/h3-11,19-20H,12-13H2,1-2H3/t19-,20+. The number of carbonyl (C=O) groups excluding carboxylic acids is 2. The smallest absolute Gasteiger partial charge is 0.238 e. The van der Waals surface area contributed by atoms with E-state index in [4.69, 9.17) is 4.74 Å².